The standard InChI is InChI=1S/C16H30N4O/c1-5-16(3,20-7-9-21-10-8-20)15(17-6-2)11-14-12-18-19(4)13-14/h12-13,15,17H,5-11H2,1-4H3. The number of likely N-dealkylation sites (N-methyl/N-ethyl adjacent to an activating group) is 1. The van der Waals surface area contributed by atoms with E-state index in [0.29, 0.717) is 6.04 Å². The highest BCUT2D eigenvalue weighted by Gasteiger charge is 2.38. The fraction of sp³-hybridized carbons (Fsp3) is 0.812. The minimum atomic E-state index is 0.148. The molecule has 1 N–H and O–H groups in total. The molecule has 0 bridgehead atoms. The maximum absolute atomic E-state index is 5.53. The lowest BCUT2D eigenvalue weighted by atomic mass is 9.83. The van der Waals surface area contributed by atoms with Gasteiger partial charge in [-0.15, -0.1) is 0 Å². The van der Waals surface area contributed by atoms with Crippen molar-refractivity contribution in [3.63, 3.8) is 0 Å². The maximum Gasteiger partial charge on any atom is 0.0594 e. The number of aromatic nitrogens is 2. The van der Waals surface area contributed by atoms with Crippen LogP contribution in [0.15, 0.2) is 12.4 Å². The lowest BCUT2D eigenvalue weighted by molar-refractivity contribution is -0.0320. The highest BCUT2D eigenvalue weighted by molar-refractivity contribution is 5.10. The van der Waals surface area contributed by atoms with Crippen molar-refractivity contribution < 1.29 is 4.74 Å². The van der Waals surface area contributed by atoms with E-state index in [0.717, 1.165) is 45.7 Å². The van der Waals surface area contributed by atoms with Crippen LogP contribution in [-0.4, -0.2) is 59.1 Å². The van der Waals surface area contributed by atoms with Gasteiger partial charge in [-0.1, -0.05) is 13.8 Å². The van der Waals surface area contributed by atoms with Crippen molar-refractivity contribution in [1.82, 2.24) is 20.0 Å². The van der Waals surface area contributed by atoms with Gasteiger partial charge in [0, 0.05) is 37.9 Å². The zero-order chi connectivity index (χ0) is 15.3. The Kier molecular flexibility index (Phi) is 5.79. The molecule has 2 atom stereocenters. The molecule has 2 rings (SSSR count). The molecule has 0 saturated carbocycles. The van der Waals surface area contributed by atoms with E-state index in [1.54, 1.807) is 0 Å². The number of hydrogen-bond acceptors (Lipinski definition) is 4. The van der Waals surface area contributed by atoms with Gasteiger partial charge in [0.25, 0.3) is 0 Å². The first-order valence-electron chi connectivity index (χ1n) is 8.13. The Labute approximate surface area is 128 Å². The summed E-state index contributed by atoms with van der Waals surface area (Å²) in [5.74, 6) is 0. The predicted octanol–water partition coefficient (Wildman–Crippen LogP) is 1.44. The molecule has 0 amide bonds. The van der Waals surface area contributed by atoms with Crippen LogP contribution >= 0.6 is 0 Å². The molecule has 1 fully saturated rings. The minimum Gasteiger partial charge on any atom is -0.379 e. The third-order valence-electron chi connectivity index (χ3n) is 4.85. The van der Waals surface area contributed by atoms with Crippen molar-refractivity contribution in [1.29, 1.82) is 0 Å². The van der Waals surface area contributed by atoms with E-state index >= 15 is 0 Å². The van der Waals surface area contributed by atoms with Crippen molar-refractivity contribution in [2.45, 2.75) is 45.2 Å². The highest BCUT2D eigenvalue weighted by Crippen LogP contribution is 2.27. The zero-order valence-corrected chi connectivity index (χ0v) is 13.9. The Morgan fingerprint density at radius 1 is 1.38 bits per heavy atom. The van der Waals surface area contributed by atoms with Crippen LogP contribution in [0.1, 0.15) is 32.8 Å². The molecule has 1 saturated heterocycles. The first-order chi connectivity index (χ1) is 10.1. The van der Waals surface area contributed by atoms with Crippen LogP contribution in [0.25, 0.3) is 0 Å². The quantitative estimate of drug-likeness (QED) is 0.826. The summed E-state index contributed by atoms with van der Waals surface area (Å²) in [4.78, 5) is 2.60. The van der Waals surface area contributed by atoms with E-state index in [-0.39, 0.29) is 5.54 Å². The Bertz CT molecular complexity index is 428. The summed E-state index contributed by atoms with van der Waals surface area (Å²) in [7, 11) is 1.98. The van der Waals surface area contributed by atoms with Gasteiger partial charge in [-0.25, -0.2) is 0 Å². The van der Waals surface area contributed by atoms with Crippen LogP contribution in [0, 0.1) is 0 Å². The van der Waals surface area contributed by atoms with E-state index in [4.69, 9.17) is 4.74 Å². The molecule has 1 aliphatic heterocycles. The van der Waals surface area contributed by atoms with Gasteiger partial charge in [-0.05, 0) is 31.9 Å². The molecule has 120 valence electrons. The molecule has 0 spiro atoms. The number of aryl methyl sites for hydroxylation is 1. The third-order valence-corrected chi connectivity index (χ3v) is 4.85. The molecule has 1 aliphatic rings. The van der Waals surface area contributed by atoms with E-state index in [1.165, 1.54) is 5.56 Å². The Hall–Kier alpha value is -0.910. The zero-order valence-electron chi connectivity index (χ0n) is 13.9. The SMILES string of the molecule is CCNC(Cc1cnn(C)c1)C(C)(CC)N1CCOCC1. The number of rotatable bonds is 7. The van der Waals surface area contributed by atoms with Gasteiger partial charge in [-0.2, -0.15) is 5.10 Å². The number of morpholine rings is 1. The molecule has 1 aromatic rings. The van der Waals surface area contributed by atoms with Crippen molar-refractivity contribution in [2.24, 2.45) is 7.05 Å². The monoisotopic (exact) mass is 294 g/mol. The molecule has 0 aliphatic carbocycles. The second-order valence-electron chi connectivity index (χ2n) is 6.15. The molecule has 5 heteroatoms. The smallest absolute Gasteiger partial charge is 0.0594 e. The summed E-state index contributed by atoms with van der Waals surface area (Å²) in [5, 5.41) is 8.02. The molecule has 0 aromatic carbocycles. The van der Waals surface area contributed by atoms with Gasteiger partial charge in [0.2, 0.25) is 0 Å². The van der Waals surface area contributed by atoms with Crippen LogP contribution in [0.3, 0.4) is 0 Å². The number of nitrogens with one attached hydrogen (secondary N) is 1. The van der Waals surface area contributed by atoms with E-state index in [9.17, 15) is 0 Å². The highest BCUT2D eigenvalue weighted by atomic mass is 16.5. The summed E-state index contributed by atoms with van der Waals surface area (Å²) < 4.78 is 7.41. The lowest BCUT2D eigenvalue weighted by Crippen LogP contribution is -2.62. The predicted molar refractivity (Wildman–Crippen MR) is 85.5 cm³/mol. The van der Waals surface area contributed by atoms with Crippen molar-refractivity contribution in [2.75, 3.05) is 32.8 Å². The molecule has 2 unspecified atom stereocenters. The summed E-state index contributed by atoms with van der Waals surface area (Å²) >= 11 is 0. The first-order valence-corrected chi connectivity index (χ1v) is 8.13. The second-order valence-corrected chi connectivity index (χ2v) is 6.15. The minimum absolute atomic E-state index is 0.148. The van der Waals surface area contributed by atoms with Gasteiger partial charge >= 0.3 is 0 Å². The molecule has 0 radical (unpaired) electrons. The summed E-state index contributed by atoms with van der Waals surface area (Å²) in [5.41, 5.74) is 1.45. The summed E-state index contributed by atoms with van der Waals surface area (Å²) in [6, 6.07) is 0.426. The molecule has 5 nitrogen and oxygen atoms in total. The van der Waals surface area contributed by atoms with Crippen LogP contribution in [0.2, 0.25) is 0 Å². The lowest BCUT2D eigenvalue weighted by Gasteiger charge is -2.48. The molecular weight excluding hydrogens is 264 g/mol. The van der Waals surface area contributed by atoms with E-state index in [2.05, 4.69) is 42.3 Å². The van der Waals surface area contributed by atoms with Crippen molar-refractivity contribution in [3.8, 4) is 0 Å². The number of hydrogen-bond donors (Lipinski definition) is 1. The molecule has 21 heavy (non-hydrogen) atoms. The van der Waals surface area contributed by atoms with Gasteiger partial charge in [0.05, 0.1) is 19.4 Å². The largest absolute Gasteiger partial charge is 0.379 e. The van der Waals surface area contributed by atoms with Crippen molar-refractivity contribution in [3.05, 3.63) is 18.0 Å². The summed E-state index contributed by atoms with van der Waals surface area (Å²) in [6.07, 6.45) is 6.26. The van der Waals surface area contributed by atoms with E-state index in [1.807, 2.05) is 17.9 Å². The fourth-order valence-electron chi connectivity index (χ4n) is 3.34. The summed E-state index contributed by atoms with van der Waals surface area (Å²) in [6.45, 7) is 11.6. The van der Waals surface area contributed by atoms with Crippen LogP contribution in [-0.2, 0) is 18.2 Å². The maximum atomic E-state index is 5.53. The van der Waals surface area contributed by atoms with Gasteiger partial charge in [0.1, 0.15) is 0 Å². The molecular formula is C16H30N4O. The average molecular weight is 294 g/mol. The Balaban J connectivity index is 2.15. The van der Waals surface area contributed by atoms with Gasteiger partial charge in [0.15, 0.2) is 0 Å². The van der Waals surface area contributed by atoms with Crippen LogP contribution < -0.4 is 5.32 Å². The first kappa shape index (κ1) is 16.5. The van der Waals surface area contributed by atoms with E-state index < -0.39 is 0 Å². The third kappa shape index (κ3) is 3.84. The normalized spacial score (nSPS) is 21.1. The fourth-order valence-corrected chi connectivity index (χ4v) is 3.34. The van der Waals surface area contributed by atoms with Gasteiger partial charge in [-0.3, -0.25) is 9.58 Å². The molecule has 1 aromatic heterocycles. The second kappa shape index (κ2) is 7.38. The topological polar surface area (TPSA) is 42.3 Å². The Morgan fingerprint density at radius 2 is 2.10 bits per heavy atom. The van der Waals surface area contributed by atoms with Crippen molar-refractivity contribution >= 4 is 0 Å². The van der Waals surface area contributed by atoms with Crippen LogP contribution in [0.4, 0.5) is 0 Å². The number of nitrogens with zero attached hydrogens (tertiary/aromatic N) is 3. The Morgan fingerprint density at radius 3 is 2.62 bits per heavy atom. The van der Waals surface area contributed by atoms with Gasteiger partial charge < -0.3 is 10.1 Å². The average Bonchev–Trinajstić information content (AvgIpc) is 2.92. The number of ether oxygens (including phenoxy) is 1. The molecule has 2 heterocycles. The van der Waals surface area contributed by atoms with Crippen LogP contribution in [0.5, 0.6) is 0 Å².